The third kappa shape index (κ3) is 2.24. The molecule has 2 aliphatic heterocycles. The van der Waals surface area contributed by atoms with Gasteiger partial charge in [-0.25, -0.2) is 4.99 Å². The highest BCUT2D eigenvalue weighted by atomic mass is 19.4. The molecule has 20 heavy (non-hydrogen) atoms. The molecule has 0 amide bonds. The smallest absolute Gasteiger partial charge is 0.387 e. The van der Waals surface area contributed by atoms with Gasteiger partial charge in [-0.05, 0) is 18.2 Å². The van der Waals surface area contributed by atoms with Gasteiger partial charge in [-0.3, -0.25) is 4.99 Å². The number of hydrogen-bond donors (Lipinski definition) is 1. The van der Waals surface area contributed by atoms with Crippen LogP contribution in [0.3, 0.4) is 0 Å². The van der Waals surface area contributed by atoms with E-state index in [-0.39, 0.29) is 0 Å². The van der Waals surface area contributed by atoms with Crippen LogP contribution in [0.2, 0.25) is 0 Å². The maximum atomic E-state index is 12.7. The molecular weight excluding hydrogens is 267 g/mol. The van der Waals surface area contributed by atoms with E-state index in [0.717, 1.165) is 23.4 Å². The van der Waals surface area contributed by atoms with E-state index >= 15 is 0 Å². The molecule has 102 valence electrons. The number of alkyl halides is 3. The molecule has 0 saturated carbocycles. The Morgan fingerprint density at radius 2 is 2.00 bits per heavy atom. The standard InChI is InChI=1S/C14H10F3N3/c15-14(16,17)10-3-1-2-8(4-10)11-5-9-7-19-13(18)6-12(9)20-11/h1-5,7H,6H2,(H2,18,19). The second kappa shape index (κ2) is 4.33. The number of aliphatic imine (C=N–C) groups is 2. The van der Waals surface area contributed by atoms with Crippen LogP contribution in [0.25, 0.3) is 5.70 Å². The van der Waals surface area contributed by atoms with Crippen LogP contribution in [0.4, 0.5) is 13.2 Å². The Bertz CT molecular complexity index is 694. The average Bonchev–Trinajstić information content (AvgIpc) is 2.81. The molecule has 0 unspecified atom stereocenters. The molecule has 2 heterocycles. The average molecular weight is 277 g/mol. The van der Waals surface area contributed by atoms with Gasteiger partial charge < -0.3 is 5.73 Å². The van der Waals surface area contributed by atoms with Crippen LogP contribution >= 0.6 is 0 Å². The highest BCUT2D eigenvalue weighted by Gasteiger charge is 2.31. The minimum Gasteiger partial charge on any atom is -0.387 e. The van der Waals surface area contributed by atoms with Crippen LogP contribution in [0.15, 0.2) is 52.1 Å². The molecule has 0 aromatic heterocycles. The lowest BCUT2D eigenvalue weighted by Crippen LogP contribution is -2.19. The van der Waals surface area contributed by atoms with Crippen molar-refractivity contribution in [1.82, 2.24) is 0 Å². The summed E-state index contributed by atoms with van der Waals surface area (Å²) in [4.78, 5) is 8.32. The van der Waals surface area contributed by atoms with Crippen LogP contribution < -0.4 is 5.73 Å². The lowest BCUT2D eigenvalue weighted by Gasteiger charge is -2.08. The Morgan fingerprint density at radius 3 is 2.75 bits per heavy atom. The summed E-state index contributed by atoms with van der Waals surface area (Å²) in [5, 5.41) is 0. The zero-order chi connectivity index (χ0) is 14.3. The number of allylic oxidation sites excluding steroid dienone is 2. The number of nitrogens with two attached hydrogens (primary N) is 1. The van der Waals surface area contributed by atoms with E-state index in [2.05, 4.69) is 9.98 Å². The Kier molecular flexibility index (Phi) is 2.74. The quantitative estimate of drug-likeness (QED) is 0.842. The number of hydrogen-bond acceptors (Lipinski definition) is 3. The molecule has 0 atom stereocenters. The zero-order valence-electron chi connectivity index (χ0n) is 10.3. The van der Waals surface area contributed by atoms with E-state index in [1.165, 1.54) is 6.07 Å². The lowest BCUT2D eigenvalue weighted by atomic mass is 10.1. The first-order chi connectivity index (χ1) is 9.43. The molecule has 1 aromatic rings. The molecule has 3 rings (SSSR count). The molecular formula is C14H10F3N3. The van der Waals surface area contributed by atoms with Gasteiger partial charge in [-0.1, -0.05) is 12.1 Å². The largest absolute Gasteiger partial charge is 0.416 e. The first-order valence-electron chi connectivity index (χ1n) is 5.93. The molecule has 0 aliphatic carbocycles. The van der Waals surface area contributed by atoms with Crippen molar-refractivity contribution in [2.75, 3.05) is 0 Å². The van der Waals surface area contributed by atoms with Gasteiger partial charge in [0.2, 0.25) is 0 Å². The Balaban J connectivity index is 1.97. The first kappa shape index (κ1) is 12.7. The fraction of sp³-hybridized carbons (Fsp3) is 0.143. The fourth-order valence-electron chi connectivity index (χ4n) is 2.10. The predicted molar refractivity (Wildman–Crippen MR) is 71.2 cm³/mol. The summed E-state index contributed by atoms with van der Waals surface area (Å²) >= 11 is 0. The molecule has 0 fully saturated rings. The minimum atomic E-state index is -4.36. The molecule has 2 aliphatic rings. The first-order valence-corrected chi connectivity index (χ1v) is 5.93. The van der Waals surface area contributed by atoms with Crippen molar-refractivity contribution in [2.45, 2.75) is 12.6 Å². The van der Waals surface area contributed by atoms with E-state index in [1.807, 2.05) is 0 Å². The Hall–Kier alpha value is -2.37. The maximum Gasteiger partial charge on any atom is 0.416 e. The highest BCUT2D eigenvalue weighted by Crippen LogP contribution is 2.33. The van der Waals surface area contributed by atoms with E-state index in [1.54, 1.807) is 18.3 Å². The lowest BCUT2D eigenvalue weighted by molar-refractivity contribution is -0.137. The number of halogens is 3. The van der Waals surface area contributed by atoms with Crippen molar-refractivity contribution in [3.05, 3.63) is 53.2 Å². The van der Waals surface area contributed by atoms with Crippen molar-refractivity contribution < 1.29 is 13.2 Å². The van der Waals surface area contributed by atoms with Gasteiger partial charge >= 0.3 is 6.18 Å². The highest BCUT2D eigenvalue weighted by molar-refractivity contribution is 6.19. The summed E-state index contributed by atoms with van der Waals surface area (Å²) in [6.45, 7) is 0. The van der Waals surface area contributed by atoms with Gasteiger partial charge in [0.25, 0.3) is 0 Å². The second-order valence-electron chi connectivity index (χ2n) is 4.55. The van der Waals surface area contributed by atoms with Crippen LogP contribution in [0.1, 0.15) is 17.5 Å². The molecule has 0 radical (unpaired) electrons. The summed E-state index contributed by atoms with van der Waals surface area (Å²) in [6.07, 6.45) is -0.633. The number of nitrogens with zero attached hydrogens (tertiary/aromatic N) is 2. The summed E-state index contributed by atoms with van der Waals surface area (Å²) in [6, 6.07) is 5.12. The van der Waals surface area contributed by atoms with E-state index in [4.69, 9.17) is 5.73 Å². The minimum absolute atomic E-state index is 0.421. The van der Waals surface area contributed by atoms with Crippen molar-refractivity contribution in [2.24, 2.45) is 15.7 Å². The summed E-state index contributed by atoms with van der Waals surface area (Å²) in [7, 11) is 0. The van der Waals surface area contributed by atoms with Crippen molar-refractivity contribution in [1.29, 1.82) is 0 Å². The van der Waals surface area contributed by atoms with Gasteiger partial charge in [-0.15, -0.1) is 0 Å². The Labute approximate surface area is 113 Å². The topological polar surface area (TPSA) is 50.7 Å². The van der Waals surface area contributed by atoms with Crippen LogP contribution in [-0.2, 0) is 6.18 Å². The summed E-state index contributed by atoms with van der Waals surface area (Å²) in [5.41, 5.74) is 7.40. The molecule has 0 bridgehead atoms. The molecule has 6 heteroatoms. The van der Waals surface area contributed by atoms with Crippen molar-refractivity contribution in [3.63, 3.8) is 0 Å². The van der Waals surface area contributed by atoms with Crippen molar-refractivity contribution in [3.8, 4) is 0 Å². The Morgan fingerprint density at radius 1 is 1.20 bits per heavy atom. The van der Waals surface area contributed by atoms with E-state index < -0.39 is 11.7 Å². The number of amidine groups is 1. The number of benzene rings is 1. The zero-order valence-corrected chi connectivity index (χ0v) is 10.3. The summed E-state index contributed by atoms with van der Waals surface area (Å²) < 4.78 is 38.1. The van der Waals surface area contributed by atoms with E-state index in [0.29, 0.717) is 23.5 Å². The third-order valence-electron chi connectivity index (χ3n) is 3.08. The molecule has 2 N–H and O–H groups in total. The van der Waals surface area contributed by atoms with Gasteiger partial charge in [0.05, 0.1) is 17.0 Å². The van der Waals surface area contributed by atoms with Gasteiger partial charge in [0.1, 0.15) is 5.84 Å². The maximum absolute atomic E-state index is 12.7. The van der Waals surface area contributed by atoms with Crippen LogP contribution in [-0.4, -0.2) is 11.5 Å². The van der Waals surface area contributed by atoms with Gasteiger partial charge in [-0.2, -0.15) is 13.2 Å². The SMILES string of the molecule is NC1=NC=C2C=C(c3cccc(C(F)(F)F)c3)N=C2C1. The fourth-order valence-corrected chi connectivity index (χ4v) is 2.10. The number of fused-ring (bicyclic) bond motifs is 1. The van der Waals surface area contributed by atoms with E-state index in [9.17, 15) is 13.2 Å². The van der Waals surface area contributed by atoms with Crippen LogP contribution in [0.5, 0.6) is 0 Å². The van der Waals surface area contributed by atoms with Gasteiger partial charge in [0, 0.05) is 23.8 Å². The second-order valence-corrected chi connectivity index (χ2v) is 4.55. The summed E-state index contributed by atoms with van der Waals surface area (Å²) in [5.74, 6) is 0.450. The predicted octanol–water partition coefficient (Wildman–Crippen LogP) is 3.15. The molecule has 1 aromatic carbocycles. The van der Waals surface area contributed by atoms with Gasteiger partial charge in [0.15, 0.2) is 0 Å². The normalized spacial score (nSPS) is 17.9. The molecule has 3 nitrogen and oxygen atoms in total. The molecule has 0 spiro atoms. The third-order valence-corrected chi connectivity index (χ3v) is 3.08. The van der Waals surface area contributed by atoms with Crippen molar-refractivity contribution >= 4 is 17.2 Å². The molecule has 0 saturated heterocycles. The van der Waals surface area contributed by atoms with Crippen LogP contribution in [0, 0.1) is 0 Å². The monoisotopic (exact) mass is 277 g/mol. The number of rotatable bonds is 1.